The fourth-order valence-corrected chi connectivity index (χ4v) is 1.56. The molecule has 1 aliphatic heterocycles. The van der Waals surface area contributed by atoms with Gasteiger partial charge in [-0.3, -0.25) is 0 Å². The van der Waals surface area contributed by atoms with Crippen molar-refractivity contribution in [3.05, 3.63) is 12.2 Å². The van der Waals surface area contributed by atoms with Crippen LogP contribution >= 0.6 is 0 Å². The first-order valence-electron chi connectivity index (χ1n) is 4.34. The third-order valence-corrected chi connectivity index (χ3v) is 2.18. The number of halogens is 3. The largest absolute Gasteiger partial charge is 1.00 e. The van der Waals surface area contributed by atoms with Crippen molar-refractivity contribution in [1.82, 2.24) is 19.7 Å². The standard InChI is InChI=1S/C6H9BF3N4.K/c8-7(9,10)4-13-1-2-14-5-11-12-6(14)3-13;/h5H,1-4H2;/q-1;+1. The normalized spacial score (nSPS) is 17.0. The molecule has 0 unspecified atom stereocenters. The van der Waals surface area contributed by atoms with Crippen molar-refractivity contribution in [1.29, 1.82) is 0 Å². The van der Waals surface area contributed by atoms with E-state index in [2.05, 4.69) is 10.2 Å². The van der Waals surface area contributed by atoms with Gasteiger partial charge in [-0.25, -0.2) is 0 Å². The first-order chi connectivity index (χ1) is 6.54. The monoisotopic (exact) mass is 244 g/mol. The van der Waals surface area contributed by atoms with Crippen LogP contribution in [-0.4, -0.2) is 39.6 Å². The molecule has 1 aromatic heterocycles. The van der Waals surface area contributed by atoms with Crippen LogP contribution < -0.4 is 51.4 Å². The van der Waals surface area contributed by atoms with E-state index in [9.17, 15) is 12.9 Å². The molecule has 0 aromatic carbocycles. The molecule has 0 N–H and O–H groups in total. The van der Waals surface area contributed by atoms with Crippen LogP contribution in [0.4, 0.5) is 12.9 Å². The van der Waals surface area contributed by atoms with Gasteiger partial charge in [-0.2, -0.15) is 0 Å². The second-order valence-corrected chi connectivity index (χ2v) is 3.39. The average molecular weight is 244 g/mol. The zero-order chi connectivity index (χ0) is 10.2. The molecule has 0 saturated carbocycles. The molecule has 0 amide bonds. The molecule has 4 nitrogen and oxygen atoms in total. The van der Waals surface area contributed by atoms with Gasteiger partial charge in [0.15, 0.2) is 0 Å². The second-order valence-electron chi connectivity index (χ2n) is 3.39. The maximum atomic E-state index is 12.1. The summed E-state index contributed by atoms with van der Waals surface area (Å²) in [5.74, 6) is 0.608. The predicted octanol–water partition coefficient (Wildman–Crippen LogP) is -2.52. The van der Waals surface area contributed by atoms with E-state index >= 15 is 0 Å². The van der Waals surface area contributed by atoms with Gasteiger partial charge in [0, 0.05) is 13.1 Å². The molecule has 9 heteroatoms. The summed E-state index contributed by atoms with van der Waals surface area (Å²) in [6, 6.07) is 0. The molecular weight excluding hydrogens is 235 g/mol. The number of nitrogens with zero attached hydrogens (tertiary/aromatic N) is 4. The minimum atomic E-state index is -4.74. The van der Waals surface area contributed by atoms with Crippen LogP contribution in [0.3, 0.4) is 0 Å². The Hall–Kier alpha value is 0.591. The van der Waals surface area contributed by atoms with Gasteiger partial charge < -0.3 is 22.4 Å². The van der Waals surface area contributed by atoms with Crippen molar-refractivity contribution >= 4 is 6.98 Å². The fraction of sp³-hybridized carbons (Fsp3) is 0.667. The molecular formula is C6H9BF3KN4. The SMILES string of the molecule is F[B-](F)(F)CN1CCn2cnnc2C1.[K+]. The van der Waals surface area contributed by atoms with Gasteiger partial charge in [-0.1, -0.05) is 0 Å². The van der Waals surface area contributed by atoms with Gasteiger partial charge in [0.05, 0.1) is 6.54 Å². The van der Waals surface area contributed by atoms with E-state index in [4.69, 9.17) is 0 Å². The van der Waals surface area contributed by atoms with Gasteiger partial charge in [0.2, 0.25) is 0 Å². The van der Waals surface area contributed by atoms with Gasteiger partial charge in [0.25, 0.3) is 0 Å². The summed E-state index contributed by atoms with van der Waals surface area (Å²) in [6.45, 7) is -3.56. The summed E-state index contributed by atoms with van der Waals surface area (Å²) in [5.41, 5.74) is 0. The Labute approximate surface area is 128 Å². The van der Waals surface area contributed by atoms with Crippen molar-refractivity contribution in [3.8, 4) is 0 Å². The smallest absolute Gasteiger partial charge is 0.448 e. The Morgan fingerprint density at radius 1 is 1.33 bits per heavy atom. The third kappa shape index (κ3) is 3.83. The van der Waals surface area contributed by atoms with Crippen molar-refractivity contribution in [2.75, 3.05) is 13.0 Å². The number of hydrogen-bond donors (Lipinski definition) is 0. The Morgan fingerprint density at radius 3 is 2.73 bits per heavy atom. The molecule has 0 atom stereocenters. The van der Waals surface area contributed by atoms with Gasteiger partial charge in [-0.05, 0) is 6.44 Å². The Bertz CT molecular complexity index is 328. The summed E-state index contributed by atoms with van der Waals surface area (Å²) < 4.78 is 38.1. The van der Waals surface area contributed by atoms with E-state index in [0.29, 0.717) is 18.9 Å². The first kappa shape index (κ1) is 13.7. The molecule has 0 spiro atoms. The molecule has 2 rings (SSSR count). The minimum absolute atomic E-state index is 0. The molecule has 78 valence electrons. The Kier molecular flexibility index (Phi) is 4.81. The predicted molar refractivity (Wildman–Crippen MR) is 44.4 cm³/mol. The number of hydrogen-bond acceptors (Lipinski definition) is 3. The van der Waals surface area contributed by atoms with Crippen LogP contribution in [0.25, 0.3) is 0 Å². The maximum absolute atomic E-state index is 12.1. The molecule has 2 heterocycles. The second kappa shape index (κ2) is 5.28. The van der Waals surface area contributed by atoms with Crippen LogP contribution in [0.5, 0.6) is 0 Å². The van der Waals surface area contributed by atoms with Crippen molar-refractivity contribution in [2.24, 2.45) is 0 Å². The summed E-state index contributed by atoms with van der Waals surface area (Å²) in [4.78, 5) is 1.35. The Morgan fingerprint density at radius 2 is 2.07 bits per heavy atom. The van der Waals surface area contributed by atoms with Crippen LogP contribution in [0.2, 0.25) is 0 Å². The molecule has 1 aliphatic rings. The van der Waals surface area contributed by atoms with Crippen LogP contribution in [0, 0.1) is 0 Å². The first-order valence-corrected chi connectivity index (χ1v) is 4.34. The maximum Gasteiger partial charge on any atom is 1.00 e. The van der Waals surface area contributed by atoms with Crippen molar-refractivity contribution < 1.29 is 64.3 Å². The Balaban J connectivity index is 0.00000112. The summed E-state index contributed by atoms with van der Waals surface area (Å²) >= 11 is 0. The number of fused-ring (bicyclic) bond motifs is 1. The van der Waals surface area contributed by atoms with Gasteiger partial charge in [-0.15, -0.1) is 10.2 Å². The van der Waals surface area contributed by atoms with Crippen LogP contribution in [0.15, 0.2) is 6.33 Å². The van der Waals surface area contributed by atoms with Crippen molar-refractivity contribution in [2.45, 2.75) is 13.1 Å². The molecule has 15 heavy (non-hydrogen) atoms. The average Bonchev–Trinajstić information content (AvgIpc) is 2.47. The topological polar surface area (TPSA) is 34.0 Å². The number of aromatic nitrogens is 3. The summed E-state index contributed by atoms with van der Waals surface area (Å²) in [5, 5.41) is 7.39. The van der Waals surface area contributed by atoms with Gasteiger partial charge in [0.1, 0.15) is 12.2 Å². The molecule has 0 radical (unpaired) electrons. The zero-order valence-electron chi connectivity index (χ0n) is 8.41. The van der Waals surface area contributed by atoms with Crippen LogP contribution in [0.1, 0.15) is 5.82 Å². The van der Waals surface area contributed by atoms with E-state index in [0.717, 1.165) is 0 Å². The molecule has 0 bridgehead atoms. The molecule has 0 aliphatic carbocycles. The van der Waals surface area contributed by atoms with E-state index < -0.39 is 13.4 Å². The van der Waals surface area contributed by atoms with E-state index in [1.54, 1.807) is 10.9 Å². The third-order valence-electron chi connectivity index (χ3n) is 2.18. The zero-order valence-corrected chi connectivity index (χ0v) is 11.5. The fourth-order valence-electron chi connectivity index (χ4n) is 1.56. The van der Waals surface area contributed by atoms with Crippen molar-refractivity contribution in [3.63, 3.8) is 0 Å². The quantitative estimate of drug-likeness (QED) is 0.539. The number of rotatable bonds is 2. The van der Waals surface area contributed by atoms with Gasteiger partial charge >= 0.3 is 58.4 Å². The summed E-state index contributed by atoms with van der Waals surface area (Å²) in [7, 11) is 0. The van der Waals surface area contributed by atoms with E-state index in [1.165, 1.54) is 4.90 Å². The van der Waals surface area contributed by atoms with E-state index in [-0.39, 0.29) is 57.9 Å². The minimum Gasteiger partial charge on any atom is -0.448 e. The van der Waals surface area contributed by atoms with Crippen LogP contribution in [-0.2, 0) is 13.1 Å². The summed E-state index contributed by atoms with van der Waals surface area (Å²) in [6.07, 6.45) is 0.734. The molecule has 0 saturated heterocycles. The van der Waals surface area contributed by atoms with E-state index in [1.807, 2.05) is 0 Å². The molecule has 0 fully saturated rings. The molecule has 1 aromatic rings.